The number of nitrogens with zero attached hydrogens (tertiary/aromatic N) is 4. The van der Waals surface area contributed by atoms with Crippen molar-refractivity contribution in [2.24, 2.45) is 0 Å². The number of hydrogen-bond donors (Lipinski definition) is 1. The summed E-state index contributed by atoms with van der Waals surface area (Å²) in [5, 5.41) is 4.59. The van der Waals surface area contributed by atoms with Gasteiger partial charge in [-0.2, -0.15) is 0 Å². The Bertz CT molecular complexity index is 1300. The highest BCUT2D eigenvalue weighted by atomic mass is 35.5. The lowest BCUT2D eigenvalue weighted by atomic mass is 10.0. The highest BCUT2D eigenvalue weighted by Crippen LogP contribution is 2.43. The Morgan fingerprint density at radius 3 is 2.60 bits per heavy atom. The normalized spacial score (nSPS) is 17.4. The third-order valence-electron chi connectivity index (χ3n) is 5.86. The zero-order valence-corrected chi connectivity index (χ0v) is 20.6. The molecule has 1 aromatic carbocycles. The summed E-state index contributed by atoms with van der Waals surface area (Å²) in [6, 6.07) is 19.4. The van der Waals surface area contributed by atoms with Crippen LogP contribution in [0.3, 0.4) is 0 Å². The minimum absolute atomic E-state index is 0.171. The van der Waals surface area contributed by atoms with Crippen molar-refractivity contribution >= 4 is 34.6 Å². The predicted octanol–water partition coefficient (Wildman–Crippen LogP) is 5.12. The topological polar surface area (TPSA) is 64.4 Å². The van der Waals surface area contributed by atoms with Gasteiger partial charge in [-0.25, -0.2) is 0 Å². The van der Waals surface area contributed by atoms with Gasteiger partial charge < -0.3 is 24.3 Å². The molecule has 2 unspecified atom stereocenters. The minimum atomic E-state index is -0.183. The van der Waals surface area contributed by atoms with Crippen molar-refractivity contribution in [2.75, 3.05) is 25.2 Å². The molecule has 178 valence electrons. The van der Waals surface area contributed by atoms with Gasteiger partial charge in [-0.3, -0.25) is 9.97 Å². The molecule has 0 radical (unpaired) electrons. The van der Waals surface area contributed by atoms with Gasteiger partial charge in [0.25, 0.3) is 0 Å². The van der Waals surface area contributed by atoms with Crippen LogP contribution in [0.15, 0.2) is 85.5 Å². The lowest BCUT2D eigenvalue weighted by Gasteiger charge is -2.29. The molecule has 5 rings (SSSR count). The summed E-state index contributed by atoms with van der Waals surface area (Å²) in [7, 11) is 1.63. The summed E-state index contributed by atoms with van der Waals surface area (Å²) >= 11 is 12.5. The van der Waals surface area contributed by atoms with E-state index in [2.05, 4.69) is 30.8 Å². The number of benzene rings is 1. The number of aromatic nitrogens is 3. The van der Waals surface area contributed by atoms with Crippen LogP contribution in [-0.2, 0) is 4.74 Å². The average Bonchev–Trinajstić information content (AvgIpc) is 3.50. The van der Waals surface area contributed by atoms with E-state index in [1.54, 1.807) is 25.7 Å². The smallest absolute Gasteiger partial charge is 0.174 e. The molecule has 0 spiro atoms. The Labute approximate surface area is 214 Å². The summed E-state index contributed by atoms with van der Waals surface area (Å²) in [4.78, 5) is 10.9. The van der Waals surface area contributed by atoms with Crippen LogP contribution in [0.25, 0.3) is 5.69 Å². The van der Waals surface area contributed by atoms with E-state index in [-0.39, 0.29) is 12.1 Å². The predicted molar refractivity (Wildman–Crippen MR) is 140 cm³/mol. The first kappa shape index (κ1) is 23.3. The number of nitrogens with one attached hydrogen (secondary N) is 1. The van der Waals surface area contributed by atoms with E-state index in [1.165, 1.54) is 0 Å². The van der Waals surface area contributed by atoms with Crippen LogP contribution in [0.4, 0.5) is 5.69 Å². The lowest BCUT2D eigenvalue weighted by molar-refractivity contribution is 0.146. The van der Waals surface area contributed by atoms with Crippen LogP contribution in [0, 0.1) is 0 Å². The zero-order chi connectivity index (χ0) is 24.2. The summed E-state index contributed by atoms with van der Waals surface area (Å²) in [5.41, 5.74) is 3.82. The van der Waals surface area contributed by atoms with Crippen LogP contribution in [0.5, 0.6) is 5.75 Å². The molecule has 1 saturated heterocycles. The molecule has 4 heterocycles. The van der Waals surface area contributed by atoms with E-state index in [0.29, 0.717) is 29.1 Å². The molecule has 1 N–H and O–H groups in total. The van der Waals surface area contributed by atoms with E-state index in [4.69, 9.17) is 33.3 Å². The molecular formula is C26H24ClN5O2S. The number of rotatable bonds is 8. The Morgan fingerprint density at radius 1 is 1.00 bits per heavy atom. The molecule has 9 heteroatoms. The van der Waals surface area contributed by atoms with Crippen LogP contribution >= 0.6 is 23.8 Å². The van der Waals surface area contributed by atoms with Crippen molar-refractivity contribution in [1.29, 1.82) is 0 Å². The molecular weight excluding hydrogens is 482 g/mol. The Balaban J connectivity index is 1.58. The maximum atomic E-state index is 6.61. The summed E-state index contributed by atoms with van der Waals surface area (Å²) in [6.45, 7) is 0.904. The second-order valence-electron chi connectivity index (χ2n) is 7.96. The maximum Gasteiger partial charge on any atom is 0.174 e. The maximum absolute atomic E-state index is 6.61. The van der Waals surface area contributed by atoms with Crippen LogP contribution in [0.2, 0.25) is 5.02 Å². The number of halogens is 1. The zero-order valence-electron chi connectivity index (χ0n) is 19.0. The van der Waals surface area contributed by atoms with Gasteiger partial charge in [0.1, 0.15) is 18.4 Å². The van der Waals surface area contributed by atoms with Gasteiger partial charge in [-0.1, -0.05) is 17.7 Å². The van der Waals surface area contributed by atoms with Gasteiger partial charge in [-0.05, 0) is 66.8 Å². The van der Waals surface area contributed by atoms with Gasteiger partial charge in [0.2, 0.25) is 0 Å². The minimum Gasteiger partial charge on any atom is -0.490 e. The second-order valence-corrected chi connectivity index (χ2v) is 8.75. The standard InChI is InChI=1S/C26H24ClN5O2S/c1-33-15-16-34-23-8-7-19(17-20(23)27)32-25(24(30-26(32)35)21-5-2-3-11-29-21)22-6-4-14-31(22)18-9-12-28-13-10-18/h2-14,17,24-25H,15-16H2,1H3,(H,30,35). The van der Waals surface area contributed by atoms with Gasteiger partial charge in [0.05, 0.1) is 23.4 Å². The first-order chi connectivity index (χ1) is 17.2. The summed E-state index contributed by atoms with van der Waals surface area (Å²) in [6.07, 6.45) is 7.41. The quantitative estimate of drug-likeness (QED) is 0.263. The number of hydrogen-bond acceptors (Lipinski definition) is 5. The second kappa shape index (κ2) is 10.4. The molecule has 2 atom stereocenters. The fourth-order valence-corrected chi connectivity index (χ4v) is 4.88. The fourth-order valence-electron chi connectivity index (χ4n) is 4.30. The Hall–Kier alpha value is -3.46. The van der Waals surface area contributed by atoms with Crippen LogP contribution in [0.1, 0.15) is 23.5 Å². The first-order valence-electron chi connectivity index (χ1n) is 11.2. The largest absolute Gasteiger partial charge is 0.490 e. The van der Waals surface area contributed by atoms with Crippen molar-refractivity contribution in [3.8, 4) is 11.4 Å². The van der Waals surface area contributed by atoms with E-state index < -0.39 is 0 Å². The van der Waals surface area contributed by atoms with Crippen molar-refractivity contribution in [2.45, 2.75) is 12.1 Å². The fraction of sp³-hybridized carbons (Fsp3) is 0.192. The van der Waals surface area contributed by atoms with E-state index >= 15 is 0 Å². The van der Waals surface area contributed by atoms with E-state index in [9.17, 15) is 0 Å². The molecule has 1 fully saturated rings. The van der Waals surface area contributed by atoms with Crippen LogP contribution in [-0.4, -0.2) is 40.0 Å². The van der Waals surface area contributed by atoms with Gasteiger partial charge in [0, 0.05) is 49.0 Å². The van der Waals surface area contributed by atoms with Crippen molar-refractivity contribution in [3.05, 3.63) is 102 Å². The molecule has 1 aliphatic heterocycles. The highest BCUT2D eigenvalue weighted by molar-refractivity contribution is 7.80. The Kier molecular flexibility index (Phi) is 6.94. The SMILES string of the molecule is COCCOc1ccc(N2C(=S)NC(c3ccccn3)C2c2cccn2-c2ccncc2)cc1Cl. The van der Waals surface area contributed by atoms with Crippen molar-refractivity contribution < 1.29 is 9.47 Å². The van der Waals surface area contributed by atoms with Crippen LogP contribution < -0.4 is 15.0 Å². The number of anilines is 1. The molecule has 3 aromatic heterocycles. The van der Waals surface area contributed by atoms with E-state index in [1.807, 2.05) is 60.8 Å². The lowest BCUT2D eigenvalue weighted by Crippen LogP contribution is -2.30. The molecule has 35 heavy (non-hydrogen) atoms. The number of pyridine rings is 2. The van der Waals surface area contributed by atoms with Gasteiger partial charge >= 0.3 is 0 Å². The molecule has 0 saturated carbocycles. The molecule has 1 aliphatic rings. The van der Waals surface area contributed by atoms with Crippen molar-refractivity contribution in [3.63, 3.8) is 0 Å². The van der Waals surface area contributed by atoms with Gasteiger partial charge in [-0.15, -0.1) is 0 Å². The molecule has 4 aromatic rings. The molecule has 0 aliphatic carbocycles. The van der Waals surface area contributed by atoms with Gasteiger partial charge in [0.15, 0.2) is 5.11 Å². The van der Waals surface area contributed by atoms with Crippen molar-refractivity contribution in [1.82, 2.24) is 19.9 Å². The molecule has 7 nitrogen and oxygen atoms in total. The third kappa shape index (κ3) is 4.73. The average molecular weight is 506 g/mol. The van der Waals surface area contributed by atoms with E-state index in [0.717, 1.165) is 22.8 Å². The number of thiocarbonyl (C=S) groups is 1. The number of methoxy groups -OCH3 is 1. The Morgan fingerprint density at radius 2 is 1.86 bits per heavy atom. The highest BCUT2D eigenvalue weighted by Gasteiger charge is 2.42. The number of ether oxygens (including phenoxy) is 2. The monoisotopic (exact) mass is 505 g/mol. The molecule has 0 amide bonds. The third-order valence-corrected chi connectivity index (χ3v) is 6.47. The first-order valence-corrected chi connectivity index (χ1v) is 12.0. The summed E-state index contributed by atoms with van der Waals surface area (Å²) < 4.78 is 13.0. The molecule has 0 bridgehead atoms. The summed E-state index contributed by atoms with van der Waals surface area (Å²) in [5.74, 6) is 0.600.